The fourth-order valence-electron chi connectivity index (χ4n) is 2.63. The van der Waals surface area contributed by atoms with Crippen molar-refractivity contribution >= 4 is 39.2 Å². The van der Waals surface area contributed by atoms with Gasteiger partial charge in [0.1, 0.15) is 12.4 Å². The van der Waals surface area contributed by atoms with E-state index in [0.717, 1.165) is 32.3 Å². The Labute approximate surface area is 152 Å². The summed E-state index contributed by atoms with van der Waals surface area (Å²) in [6.45, 7) is 0. The van der Waals surface area contributed by atoms with Crippen LogP contribution in [-0.4, -0.2) is 20.2 Å². The van der Waals surface area contributed by atoms with Gasteiger partial charge in [0.25, 0.3) is 0 Å². The topological polar surface area (TPSA) is 74.2 Å². The van der Waals surface area contributed by atoms with E-state index in [4.69, 9.17) is 11.6 Å². The van der Waals surface area contributed by atoms with Crippen LogP contribution in [0.3, 0.4) is 0 Å². The second-order valence-corrected chi connectivity index (χ2v) is 6.59. The second-order valence-electron chi connectivity index (χ2n) is 5.24. The number of benzene rings is 2. The van der Waals surface area contributed by atoms with E-state index in [1.165, 1.54) is 0 Å². The molecule has 2 aromatic carbocycles. The van der Waals surface area contributed by atoms with Crippen LogP contribution in [0.5, 0.6) is 0 Å². The first-order valence-corrected chi connectivity index (χ1v) is 8.27. The molecule has 122 valence electrons. The summed E-state index contributed by atoms with van der Waals surface area (Å²) in [6, 6.07) is 16.0. The third-order valence-electron chi connectivity index (χ3n) is 3.77. The van der Waals surface area contributed by atoms with Gasteiger partial charge < -0.3 is 10.8 Å². The van der Waals surface area contributed by atoms with Crippen LogP contribution in [0.4, 0.5) is 5.95 Å². The lowest BCUT2D eigenvalue weighted by atomic mass is 10.0. The molecule has 1 aliphatic heterocycles. The molecule has 24 heavy (non-hydrogen) atoms. The molecule has 0 spiro atoms. The third-order valence-corrected chi connectivity index (χ3v) is 4.55. The van der Waals surface area contributed by atoms with E-state index in [0.29, 0.717) is 0 Å². The van der Waals surface area contributed by atoms with E-state index in [1.54, 1.807) is 6.33 Å². The average Bonchev–Trinajstić information content (AvgIpc) is 3.04. The summed E-state index contributed by atoms with van der Waals surface area (Å²) in [7, 11) is 0. The summed E-state index contributed by atoms with van der Waals surface area (Å²) in [5, 5.41) is 8.39. The van der Waals surface area contributed by atoms with Crippen molar-refractivity contribution in [2.75, 3.05) is 5.32 Å². The second kappa shape index (κ2) is 6.76. The molecule has 3 aromatic rings. The molecule has 1 atom stereocenters. The highest BCUT2D eigenvalue weighted by atomic mass is 79.9. The number of nitrogens with zero attached hydrogens (tertiary/aromatic N) is 3. The molecule has 5 nitrogen and oxygen atoms in total. The zero-order valence-electron chi connectivity index (χ0n) is 12.4. The number of aromatic nitrogens is 3. The van der Waals surface area contributed by atoms with Gasteiger partial charge in [-0.05, 0) is 41.5 Å². The van der Waals surface area contributed by atoms with Crippen LogP contribution in [-0.2, 0) is 0 Å². The maximum Gasteiger partial charge on any atom is 0.226 e. The Morgan fingerprint density at radius 3 is 2.46 bits per heavy atom. The highest BCUT2D eigenvalue weighted by Crippen LogP contribution is 2.32. The average molecular weight is 406 g/mol. The van der Waals surface area contributed by atoms with Gasteiger partial charge in [0.05, 0.1) is 0 Å². The Hall–Kier alpha value is -2.15. The van der Waals surface area contributed by atoms with E-state index in [-0.39, 0.29) is 11.5 Å². The van der Waals surface area contributed by atoms with Crippen LogP contribution in [0, 0.1) is 0 Å². The van der Waals surface area contributed by atoms with Crippen LogP contribution in [0.2, 0.25) is 5.02 Å². The molecule has 1 aliphatic rings. The number of fused-ring (bicyclic) bond motifs is 1. The molecule has 0 fully saturated rings. The van der Waals surface area contributed by atoms with E-state index in [9.17, 15) is 0 Å². The van der Waals surface area contributed by atoms with Gasteiger partial charge in [-0.1, -0.05) is 51.8 Å². The minimum absolute atomic E-state index is 0. The van der Waals surface area contributed by atoms with Crippen molar-refractivity contribution in [2.45, 2.75) is 6.04 Å². The van der Waals surface area contributed by atoms with Crippen molar-refractivity contribution in [3.8, 4) is 0 Å². The van der Waals surface area contributed by atoms with E-state index < -0.39 is 0 Å². The fraction of sp³-hybridized carbons (Fsp3) is 0.0588. The zero-order valence-corrected chi connectivity index (χ0v) is 14.8. The summed E-state index contributed by atoms with van der Waals surface area (Å²) in [4.78, 5) is 4.31. The fourth-order valence-corrected chi connectivity index (χ4v) is 3.02. The summed E-state index contributed by atoms with van der Waals surface area (Å²) in [5.41, 5.74) is 3.20. The summed E-state index contributed by atoms with van der Waals surface area (Å²) >= 11 is 9.46. The molecule has 0 bridgehead atoms. The molecule has 1 unspecified atom stereocenters. The van der Waals surface area contributed by atoms with Gasteiger partial charge in [0.2, 0.25) is 5.95 Å². The summed E-state index contributed by atoms with van der Waals surface area (Å²) < 4.78 is 2.93. The first kappa shape index (κ1) is 16.7. The number of hydrogen-bond acceptors (Lipinski definition) is 3. The van der Waals surface area contributed by atoms with Crippen molar-refractivity contribution in [3.05, 3.63) is 81.6 Å². The largest absolute Gasteiger partial charge is 0.412 e. The zero-order chi connectivity index (χ0) is 15.8. The predicted octanol–water partition coefficient (Wildman–Crippen LogP) is 3.93. The minimum Gasteiger partial charge on any atom is -0.412 e. The number of halogens is 2. The Bertz CT molecular complexity index is 874. The maximum atomic E-state index is 5.98. The normalized spacial score (nSPS) is 15.8. The minimum atomic E-state index is -0.00692. The number of nitrogens with one attached hydrogen (secondary N) is 1. The Kier molecular flexibility index (Phi) is 4.71. The van der Waals surface area contributed by atoms with Crippen molar-refractivity contribution in [2.24, 2.45) is 0 Å². The molecule has 4 rings (SSSR count). The monoisotopic (exact) mass is 404 g/mol. The molecule has 0 amide bonds. The van der Waals surface area contributed by atoms with Crippen LogP contribution in [0.1, 0.15) is 17.2 Å². The molecule has 0 radical (unpaired) electrons. The van der Waals surface area contributed by atoms with Crippen LogP contribution in [0.15, 0.2) is 65.4 Å². The molecule has 0 saturated heterocycles. The SMILES string of the molecule is Clc1ccc(C2=CC(c3ccc(Br)cc3)n3ncnc3N2)cc1.O. The molecule has 7 heteroatoms. The lowest BCUT2D eigenvalue weighted by Gasteiger charge is -2.24. The Morgan fingerprint density at radius 2 is 1.75 bits per heavy atom. The maximum absolute atomic E-state index is 5.98. The molecule has 1 aromatic heterocycles. The van der Waals surface area contributed by atoms with Gasteiger partial charge in [-0.2, -0.15) is 10.1 Å². The quantitative estimate of drug-likeness (QED) is 0.702. The van der Waals surface area contributed by atoms with Crippen molar-refractivity contribution in [3.63, 3.8) is 0 Å². The Morgan fingerprint density at radius 1 is 1.04 bits per heavy atom. The van der Waals surface area contributed by atoms with Gasteiger partial charge in [0.15, 0.2) is 0 Å². The number of hydrogen-bond donors (Lipinski definition) is 1. The number of allylic oxidation sites excluding steroid dienone is 1. The molecule has 2 heterocycles. The van der Waals surface area contributed by atoms with Crippen molar-refractivity contribution in [1.29, 1.82) is 0 Å². The first-order valence-electron chi connectivity index (χ1n) is 7.10. The van der Waals surface area contributed by atoms with Gasteiger partial charge in [0, 0.05) is 15.2 Å². The van der Waals surface area contributed by atoms with Crippen molar-refractivity contribution < 1.29 is 5.48 Å². The van der Waals surface area contributed by atoms with Crippen LogP contribution in [0.25, 0.3) is 5.70 Å². The van der Waals surface area contributed by atoms with Gasteiger partial charge in [-0.3, -0.25) is 0 Å². The van der Waals surface area contributed by atoms with Crippen LogP contribution < -0.4 is 5.32 Å². The van der Waals surface area contributed by atoms with Crippen molar-refractivity contribution in [1.82, 2.24) is 14.8 Å². The summed E-state index contributed by atoms with van der Waals surface area (Å²) in [5.74, 6) is 0.727. The lowest BCUT2D eigenvalue weighted by molar-refractivity contribution is 0.612. The lowest BCUT2D eigenvalue weighted by Crippen LogP contribution is -2.20. The third kappa shape index (κ3) is 3.08. The first-order chi connectivity index (χ1) is 11.2. The highest BCUT2D eigenvalue weighted by Gasteiger charge is 2.23. The van der Waals surface area contributed by atoms with Gasteiger partial charge >= 0.3 is 0 Å². The number of rotatable bonds is 2. The molecule has 0 aliphatic carbocycles. The smallest absolute Gasteiger partial charge is 0.226 e. The van der Waals surface area contributed by atoms with Gasteiger partial charge in [-0.15, -0.1) is 0 Å². The highest BCUT2D eigenvalue weighted by molar-refractivity contribution is 9.10. The molecular weight excluding hydrogens is 392 g/mol. The predicted molar refractivity (Wildman–Crippen MR) is 99.0 cm³/mol. The van der Waals surface area contributed by atoms with Gasteiger partial charge in [-0.25, -0.2) is 4.68 Å². The van der Waals surface area contributed by atoms with E-state index >= 15 is 0 Å². The Balaban J connectivity index is 0.00000169. The number of anilines is 1. The standard InChI is InChI=1S/C17H12BrClN4.H2O/c18-13-5-1-12(2-6-13)16-9-15(11-3-7-14(19)8-4-11)22-17-20-10-21-23(16)17;/h1-10,16H,(H,20,21,22);1H2. The molecular formula is C17H14BrClN4O. The molecule has 0 saturated carbocycles. The summed E-state index contributed by atoms with van der Waals surface area (Å²) in [6.07, 6.45) is 3.71. The van der Waals surface area contributed by atoms with Crippen LogP contribution >= 0.6 is 27.5 Å². The van der Waals surface area contributed by atoms with E-state index in [2.05, 4.69) is 49.5 Å². The van der Waals surface area contributed by atoms with E-state index in [1.807, 2.05) is 41.1 Å². The molecule has 3 N–H and O–H groups in total.